The quantitative estimate of drug-likeness (QED) is 0.563. The number of nitrogens with zero attached hydrogens (tertiary/aromatic N) is 2. The van der Waals surface area contributed by atoms with Gasteiger partial charge in [-0.2, -0.15) is 0 Å². The van der Waals surface area contributed by atoms with Crippen LogP contribution in [-0.4, -0.2) is 28.2 Å². The molecule has 0 atom stereocenters. The molecule has 0 unspecified atom stereocenters. The van der Waals surface area contributed by atoms with Gasteiger partial charge in [-0.15, -0.1) is 0 Å². The number of Topliss-reactive ketones (excluding diaryl/α,β-unsaturated/α-hetero) is 1. The number of aromatic nitrogens is 2. The molecule has 0 N–H and O–H groups in total. The number of hydrogen-bond acceptors (Lipinski definition) is 4. The third kappa shape index (κ3) is 1.56. The summed E-state index contributed by atoms with van der Waals surface area (Å²) in [6.07, 6.45) is 3.18. The molecule has 0 saturated carbocycles. The van der Waals surface area contributed by atoms with Gasteiger partial charge in [-0.3, -0.25) is 9.20 Å². The van der Waals surface area contributed by atoms with Gasteiger partial charge in [0.25, 0.3) is 0 Å². The average molecular weight is 218 g/mol. The van der Waals surface area contributed by atoms with Gasteiger partial charge in [0.2, 0.25) is 0 Å². The third-order valence-electron chi connectivity index (χ3n) is 2.27. The van der Waals surface area contributed by atoms with Crippen molar-refractivity contribution in [3.05, 3.63) is 35.9 Å². The number of carbonyl (C=O) groups excluding carboxylic acids is 2. The van der Waals surface area contributed by atoms with Gasteiger partial charge in [0, 0.05) is 13.1 Å². The van der Waals surface area contributed by atoms with Crippen molar-refractivity contribution in [2.75, 3.05) is 7.11 Å². The van der Waals surface area contributed by atoms with E-state index in [1.165, 1.54) is 14.0 Å². The lowest BCUT2D eigenvalue weighted by atomic mass is 10.2. The summed E-state index contributed by atoms with van der Waals surface area (Å²) in [4.78, 5) is 26.5. The number of pyridine rings is 1. The van der Waals surface area contributed by atoms with Crippen LogP contribution in [0.3, 0.4) is 0 Å². The van der Waals surface area contributed by atoms with Crippen molar-refractivity contribution in [3.8, 4) is 0 Å². The second-order valence-corrected chi connectivity index (χ2v) is 3.34. The molecular weight excluding hydrogens is 208 g/mol. The van der Waals surface area contributed by atoms with E-state index < -0.39 is 5.97 Å². The molecule has 0 aliphatic heterocycles. The molecule has 82 valence electrons. The standard InChI is InChI=1S/C11H10N2O3/c1-7(14)10-12-6-9-5-8(11(15)16-2)3-4-13(9)10/h3-6H,1-2H3. The van der Waals surface area contributed by atoms with E-state index in [0.717, 1.165) is 0 Å². The predicted octanol–water partition coefficient (Wildman–Crippen LogP) is 1.32. The molecule has 0 aromatic carbocycles. The van der Waals surface area contributed by atoms with E-state index in [9.17, 15) is 9.59 Å². The second kappa shape index (κ2) is 3.77. The van der Waals surface area contributed by atoms with Crippen LogP contribution in [0, 0.1) is 0 Å². The zero-order valence-electron chi connectivity index (χ0n) is 8.93. The molecule has 0 aliphatic carbocycles. The molecule has 5 nitrogen and oxygen atoms in total. The zero-order chi connectivity index (χ0) is 11.7. The minimum absolute atomic E-state index is 0.120. The minimum atomic E-state index is -0.409. The summed E-state index contributed by atoms with van der Waals surface area (Å²) in [5.74, 6) is -0.176. The third-order valence-corrected chi connectivity index (χ3v) is 2.27. The Morgan fingerprint density at radius 1 is 1.44 bits per heavy atom. The zero-order valence-corrected chi connectivity index (χ0v) is 8.93. The average Bonchev–Trinajstić information content (AvgIpc) is 2.70. The summed E-state index contributed by atoms with van der Waals surface area (Å²) in [5.41, 5.74) is 1.12. The van der Waals surface area contributed by atoms with E-state index in [0.29, 0.717) is 16.9 Å². The molecule has 2 aromatic rings. The molecule has 2 rings (SSSR count). The normalized spacial score (nSPS) is 10.4. The van der Waals surface area contributed by atoms with E-state index in [2.05, 4.69) is 9.72 Å². The molecular formula is C11H10N2O3. The van der Waals surface area contributed by atoms with Crippen molar-refractivity contribution in [2.45, 2.75) is 6.92 Å². The fourth-order valence-corrected chi connectivity index (χ4v) is 1.51. The Morgan fingerprint density at radius 2 is 2.19 bits per heavy atom. The van der Waals surface area contributed by atoms with Gasteiger partial charge in [-0.1, -0.05) is 0 Å². The molecule has 0 saturated heterocycles. The smallest absolute Gasteiger partial charge is 0.337 e. The number of rotatable bonds is 2. The first-order chi connectivity index (χ1) is 7.63. The highest BCUT2D eigenvalue weighted by Gasteiger charge is 2.11. The van der Waals surface area contributed by atoms with Crippen LogP contribution < -0.4 is 0 Å². The van der Waals surface area contributed by atoms with Crippen molar-refractivity contribution in [2.24, 2.45) is 0 Å². The maximum absolute atomic E-state index is 11.3. The topological polar surface area (TPSA) is 60.7 Å². The highest BCUT2D eigenvalue weighted by atomic mass is 16.5. The predicted molar refractivity (Wildman–Crippen MR) is 56.5 cm³/mol. The number of ketones is 1. The first-order valence-corrected chi connectivity index (χ1v) is 4.70. The lowest BCUT2D eigenvalue weighted by Gasteiger charge is -2.01. The fourth-order valence-electron chi connectivity index (χ4n) is 1.51. The fraction of sp³-hybridized carbons (Fsp3) is 0.182. The van der Waals surface area contributed by atoms with Crippen LogP contribution >= 0.6 is 0 Å². The molecule has 0 amide bonds. The number of ether oxygens (including phenoxy) is 1. The summed E-state index contributed by atoms with van der Waals surface area (Å²) < 4.78 is 6.24. The Morgan fingerprint density at radius 3 is 2.81 bits per heavy atom. The van der Waals surface area contributed by atoms with Gasteiger partial charge in [0.05, 0.1) is 24.4 Å². The molecule has 0 spiro atoms. The number of carbonyl (C=O) groups is 2. The van der Waals surface area contributed by atoms with Crippen LogP contribution in [0.25, 0.3) is 5.52 Å². The van der Waals surface area contributed by atoms with E-state index in [1.807, 2.05) is 0 Å². The SMILES string of the molecule is COC(=O)c1ccn2c(C(C)=O)ncc2c1. The Kier molecular flexibility index (Phi) is 2.44. The van der Waals surface area contributed by atoms with Crippen molar-refractivity contribution in [1.82, 2.24) is 9.38 Å². The monoisotopic (exact) mass is 218 g/mol. The molecule has 0 fully saturated rings. The first kappa shape index (κ1) is 10.4. The van der Waals surface area contributed by atoms with E-state index in [-0.39, 0.29) is 5.78 Å². The number of esters is 1. The first-order valence-electron chi connectivity index (χ1n) is 4.70. The van der Waals surface area contributed by atoms with Crippen LogP contribution in [0.2, 0.25) is 0 Å². The Hall–Kier alpha value is -2.17. The summed E-state index contributed by atoms with van der Waals surface area (Å²) in [5, 5.41) is 0. The maximum atomic E-state index is 11.3. The van der Waals surface area contributed by atoms with Crippen molar-refractivity contribution >= 4 is 17.3 Å². The second-order valence-electron chi connectivity index (χ2n) is 3.34. The van der Waals surface area contributed by atoms with Crippen LogP contribution in [0.5, 0.6) is 0 Å². The molecule has 5 heteroatoms. The Balaban J connectivity index is 2.57. The number of imidazole rings is 1. The lowest BCUT2D eigenvalue weighted by Crippen LogP contribution is -2.04. The molecule has 0 aliphatic rings. The molecule has 2 aromatic heterocycles. The number of fused-ring (bicyclic) bond motifs is 1. The van der Waals surface area contributed by atoms with Gasteiger partial charge in [-0.25, -0.2) is 9.78 Å². The highest BCUT2D eigenvalue weighted by molar-refractivity contribution is 5.93. The van der Waals surface area contributed by atoms with Crippen LogP contribution in [0.15, 0.2) is 24.5 Å². The van der Waals surface area contributed by atoms with Gasteiger partial charge in [0.1, 0.15) is 0 Å². The molecule has 0 bridgehead atoms. The van der Waals surface area contributed by atoms with Crippen LogP contribution in [0.1, 0.15) is 27.9 Å². The van der Waals surface area contributed by atoms with E-state index in [4.69, 9.17) is 0 Å². The van der Waals surface area contributed by atoms with Crippen molar-refractivity contribution in [3.63, 3.8) is 0 Å². The number of hydrogen-bond donors (Lipinski definition) is 0. The Labute approximate surface area is 91.7 Å². The summed E-state index contributed by atoms with van der Waals surface area (Å²) in [6, 6.07) is 3.22. The summed E-state index contributed by atoms with van der Waals surface area (Å²) >= 11 is 0. The Bertz CT molecular complexity index is 572. The summed E-state index contributed by atoms with van der Waals surface area (Å²) in [7, 11) is 1.32. The molecule has 16 heavy (non-hydrogen) atoms. The van der Waals surface area contributed by atoms with Crippen LogP contribution in [0.4, 0.5) is 0 Å². The lowest BCUT2D eigenvalue weighted by molar-refractivity contribution is 0.0600. The highest BCUT2D eigenvalue weighted by Crippen LogP contribution is 2.11. The van der Waals surface area contributed by atoms with Crippen molar-refractivity contribution < 1.29 is 14.3 Å². The van der Waals surface area contributed by atoms with Gasteiger partial charge in [-0.05, 0) is 12.1 Å². The molecule has 2 heterocycles. The summed E-state index contributed by atoms with van der Waals surface area (Å²) in [6.45, 7) is 1.45. The van der Waals surface area contributed by atoms with E-state index in [1.54, 1.807) is 28.9 Å². The van der Waals surface area contributed by atoms with Crippen LogP contribution in [-0.2, 0) is 4.74 Å². The maximum Gasteiger partial charge on any atom is 0.337 e. The largest absolute Gasteiger partial charge is 0.465 e. The minimum Gasteiger partial charge on any atom is -0.465 e. The van der Waals surface area contributed by atoms with E-state index >= 15 is 0 Å². The number of methoxy groups -OCH3 is 1. The van der Waals surface area contributed by atoms with Crippen molar-refractivity contribution in [1.29, 1.82) is 0 Å². The van der Waals surface area contributed by atoms with Gasteiger partial charge >= 0.3 is 5.97 Å². The van der Waals surface area contributed by atoms with Gasteiger partial charge < -0.3 is 4.74 Å². The van der Waals surface area contributed by atoms with Gasteiger partial charge in [0.15, 0.2) is 11.6 Å². The molecule has 0 radical (unpaired) electrons.